The van der Waals surface area contributed by atoms with Crippen molar-refractivity contribution in [2.45, 2.75) is 63.5 Å². The molecule has 3 saturated heterocycles. The van der Waals surface area contributed by atoms with Crippen molar-refractivity contribution in [1.29, 1.82) is 0 Å². The van der Waals surface area contributed by atoms with Crippen LogP contribution >= 0.6 is 0 Å². The van der Waals surface area contributed by atoms with Crippen LogP contribution in [0.15, 0.2) is 12.2 Å². The first-order valence-corrected chi connectivity index (χ1v) is 10.6. The Morgan fingerprint density at radius 1 is 1.32 bits per heavy atom. The summed E-state index contributed by atoms with van der Waals surface area (Å²) in [6.07, 6.45) is 1.28. The maximum atomic E-state index is 12.9. The van der Waals surface area contributed by atoms with E-state index >= 15 is 0 Å². The lowest BCUT2D eigenvalue weighted by molar-refractivity contribution is -0.267. The maximum Gasteiger partial charge on any atom is 0.302 e. The van der Waals surface area contributed by atoms with Crippen LogP contribution < -0.4 is 0 Å². The summed E-state index contributed by atoms with van der Waals surface area (Å²) in [6.45, 7) is 8.56. The molecule has 9 bridgehead atoms. The average Bonchev–Trinajstić information content (AvgIpc) is 2.89. The van der Waals surface area contributed by atoms with Crippen molar-refractivity contribution >= 4 is 11.8 Å². The molecule has 12 unspecified atom stereocenters. The van der Waals surface area contributed by atoms with Gasteiger partial charge in [0.05, 0.1) is 6.10 Å². The molecule has 2 spiro atoms. The summed E-state index contributed by atoms with van der Waals surface area (Å²) in [5, 5.41) is 23.6. The van der Waals surface area contributed by atoms with Crippen molar-refractivity contribution in [2.24, 2.45) is 39.9 Å². The van der Waals surface area contributed by atoms with Crippen LogP contribution in [0.3, 0.4) is 0 Å². The van der Waals surface area contributed by atoms with Gasteiger partial charge in [0.15, 0.2) is 0 Å². The molecule has 28 heavy (non-hydrogen) atoms. The summed E-state index contributed by atoms with van der Waals surface area (Å²) < 4.78 is 5.87. The first kappa shape index (κ1) is 16.5. The molecule has 6 nitrogen and oxygen atoms in total. The summed E-state index contributed by atoms with van der Waals surface area (Å²) in [6, 6.07) is 0.00988. The van der Waals surface area contributed by atoms with Crippen LogP contribution in [0, 0.1) is 39.9 Å². The normalized spacial score (nSPS) is 66.7. The number of esters is 1. The molecule has 3 heterocycles. The number of Topliss-reactive ketones (excluding diaryl/α,β-unsaturated/α-hetero) is 1. The molecule has 150 valence electrons. The smallest absolute Gasteiger partial charge is 0.302 e. The van der Waals surface area contributed by atoms with Crippen molar-refractivity contribution in [1.82, 2.24) is 4.90 Å². The second-order valence-corrected chi connectivity index (χ2v) is 11.4. The predicted octanol–water partition coefficient (Wildman–Crippen LogP) is 0.863. The number of aliphatic hydroxyl groups excluding tert-OH is 1. The molecule has 12 atom stereocenters. The third kappa shape index (κ3) is 1.27. The van der Waals surface area contributed by atoms with E-state index in [2.05, 4.69) is 18.4 Å². The lowest BCUT2D eigenvalue weighted by Gasteiger charge is -2.67. The van der Waals surface area contributed by atoms with E-state index < -0.39 is 23.3 Å². The van der Waals surface area contributed by atoms with Gasteiger partial charge in [-0.05, 0) is 23.7 Å². The van der Waals surface area contributed by atoms with Gasteiger partial charge < -0.3 is 14.9 Å². The summed E-state index contributed by atoms with van der Waals surface area (Å²) in [7, 11) is 0. The van der Waals surface area contributed by atoms with E-state index in [1.807, 2.05) is 0 Å². The number of piperidine rings is 2. The lowest BCUT2D eigenvalue weighted by Crippen LogP contribution is -2.71. The van der Waals surface area contributed by atoms with Gasteiger partial charge in [-0.3, -0.25) is 14.5 Å². The molecule has 9 rings (SSSR count). The molecule has 9 fully saturated rings. The number of fused-ring (bicyclic) bond motifs is 1. The highest BCUT2D eigenvalue weighted by atomic mass is 16.5. The number of hydrogen-bond acceptors (Lipinski definition) is 6. The minimum Gasteiger partial charge on any atom is -0.461 e. The summed E-state index contributed by atoms with van der Waals surface area (Å²) >= 11 is 0. The fourth-order valence-electron chi connectivity index (χ4n) is 10.8. The molecule has 0 amide bonds. The molecule has 3 aliphatic heterocycles. The zero-order chi connectivity index (χ0) is 19.6. The van der Waals surface area contributed by atoms with Crippen LogP contribution in [0.25, 0.3) is 0 Å². The zero-order valence-electron chi connectivity index (χ0n) is 16.4. The van der Waals surface area contributed by atoms with E-state index in [-0.39, 0.29) is 52.3 Å². The molecular weight excluding hydrogens is 358 g/mol. The quantitative estimate of drug-likeness (QED) is 0.514. The molecule has 0 aromatic rings. The van der Waals surface area contributed by atoms with E-state index in [0.29, 0.717) is 19.3 Å². The highest BCUT2D eigenvalue weighted by Crippen LogP contribution is 2.88. The fraction of sp³-hybridized carbons (Fsp3) is 0.818. The summed E-state index contributed by atoms with van der Waals surface area (Å²) in [5.74, 6) is -0.253. The van der Waals surface area contributed by atoms with Crippen molar-refractivity contribution < 1.29 is 24.5 Å². The molecule has 0 aromatic carbocycles. The van der Waals surface area contributed by atoms with E-state index in [9.17, 15) is 19.8 Å². The standard InChI is InChI=1S/C22H27NO5/c1-9-4-20-7-22(27)18-19(3)5-11(25)6-21(18)16(20)14(26)12(9)15(28-10(2)24)13(20)17(21)23(22)8-19/h12-18,26-27H,1,4-8H2,2-3H3. The Morgan fingerprint density at radius 3 is 2.79 bits per heavy atom. The van der Waals surface area contributed by atoms with Crippen LogP contribution in [-0.2, 0) is 14.3 Å². The van der Waals surface area contributed by atoms with Crippen LogP contribution in [0.5, 0.6) is 0 Å². The Balaban J connectivity index is 1.52. The van der Waals surface area contributed by atoms with E-state index in [4.69, 9.17) is 4.74 Å². The minimum atomic E-state index is -0.905. The molecule has 6 saturated carbocycles. The number of rotatable bonds is 1. The first-order valence-electron chi connectivity index (χ1n) is 10.6. The first-order chi connectivity index (χ1) is 13.1. The van der Waals surface area contributed by atoms with Crippen LogP contribution in [-0.4, -0.2) is 57.4 Å². The van der Waals surface area contributed by atoms with E-state index in [0.717, 1.165) is 18.5 Å². The van der Waals surface area contributed by atoms with Crippen molar-refractivity contribution in [3.05, 3.63) is 12.2 Å². The maximum absolute atomic E-state index is 12.9. The van der Waals surface area contributed by atoms with Gasteiger partial charge in [0.2, 0.25) is 0 Å². The topological polar surface area (TPSA) is 87.1 Å². The molecule has 0 aromatic heterocycles. The third-order valence-electron chi connectivity index (χ3n) is 10.3. The van der Waals surface area contributed by atoms with Gasteiger partial charge in [-0.25, -0.2) is 0 Å². The summed E-state index contributed by atoms with van der Waals surface area (Å²) in [4.78, 5) is 27.2. The molecule has 0 radical (unpaired) electrons. The van der Waals surface area contributed by atoms with Crippen molar-refractivity contribution in [3.63, 3.8) is 0 Å². The number of hydrogen-bond donors (Lipinski definition) is 2. The monoisotopic (exact) mass is 385 g/mol. The molecular formula is C22H27NO5. The Kier molecular flexibility index (Phi) is 2.45. The van der Waals surface area contributed by atoms with Gasteiger partial charge in [-0.2, -0.15) is 0 Å². The van der Waals surface area contributed by atoms with Gasteiger partial charge in [0.25, 0.3) is 0 Å². The van der Waals surface area contributed by atoms with E-state index in [1.165, 1.54) is 6.92 Å². The number of nitrogens with zero attached hydrogens (tertiary/aromatic N) is 1. The number of aliphatic hydroxyl groups is 2. The lowest BCUT2D eigenvalue weighted by atomic mass is 9.39. The highest BCUT2D eigenvalue weighted by Gasteiger charge is 2.94. The fourth-order valence-corrected chi connectivity index (χ4v) is 10.8. The van der Waals surface area contributed by atoms with Gasteiger partial charge in [0, 0.05) is 61.4 Å². The van der Waals surface area contributed by atoms with Gasteiger partial charge >= 0.3 is 5.97 Å². The Bertz CT molecular complexity index is 901. The zero-order valence-corrected chi connectivity index (χ0v) is 16.4. The molecule has 9 aliphatic rings. The molecule has 6 aliphatic carbocycles. The Labute approximate surface area is 163 Å². The second kappa shape index (κ2) is 4.14. The van der Waals surface area contributed by atoms with Gasteiger partial charge in [0.1, 0.15) is 17.6 Å². The number of ether oxygens (including phenoxy) is 1. The van der Waals surface area contributed by atoms with Gasteiger partial charge in [-0.15, -0.1) is 0 Å². The predicted molar refractivity (Wildman–Crippen MR) is 96.6 cm³/mol. The number of ketones is 1. The molecule has 6 heteroatoms. The highest BCUT2D eigenvalue weighted by molar-refractivity contribution is 5.82. The minimum absolute atomic E-state index is 0.00988. The Morgan fingerprint density at radius 2 is 2.07 bits per heavy atom. The second-order valence-electron chi connectivity index (χ2n) is 11.4. The number of carbonyl (C=O) groups excluding carboxylic acids is 2. The van der Waals surface area contributed by atoms with Crippen LogP contribution in [0.2, 0.25) is 0 Å². The van der Waals surface area contributed by atoms with E-state index in [1.54, 1.807) is 0 Å². The van der Waals surface area contributed by atoms with Crippen LogP contribution in [0.4, 0.5) is 0 Å². The van der Waals surface area contributed by atoms with Crippen molar-refractivity contribution in [3.8, 4) is 0 Å². The van der Waals surface area contributed by atoms with Crippen molar-refractivity contribution in [2.75, 3.05) is 6.54 Å². The molecule has 2 N–H and O–H groups in total. The largest absolute Gasteiger partial charge is 0.461 e. The Hall–Kier alpha value is -1.24. The summed E-state index contributed by atoms with van der Waals surface area (Å²) in [5.41, 5.74) is -0.904. The SMILES string of the molecule is C=C1CC23CC4(O)C5C6(C)CC(=O)CC57C(C2C(OC(C)=O)C1C(O)C37)N4C6. The number of carbonyl (C=O) groups is 2. The van der Waals surface area contributed by atoms with Gasteiger partial charge in [-0.1, -0.05) is 19.1 Å². The van der Waals surface area contributed by atoms with Crippen LogP contribution in [0.1, 0.15) is 39.5 Å². The third-order valence-corrected chi connectivity index (χ3v) is 10.3. The average molecular weight is 385 g/mol.